The van der Waals surface area contributed by atoms with Crippen LogP contribution in [0.25, 0.3) is 0 Å². The summed E-state index contributed by atoms with van der Waals surface area (Å²) in [5, 5.41) is 34.1. The monoisotopic (exact) mass is 580 g/mol. The van der Waals surface area contributed by atoms with E-state index in [0.717, 1.165) is 24.8 Å². The van der Waals surface area contributed by atoms with E-state index in [-0.39, 0.29) is 23.8 Å². The van der Waals surface area contributed by atoms with Crippen LogP contribution in [-0.2, 0) is 24.3 Å². The first-order chi connectivity index (χ1) is 15.9. The number of phenolic OH excluding ortho intramolecular Hbond substituents is 1. The molecule has 1 heterocycles. The molecule has 0 amide bonds. The second-order valence-electron chi connectivity index (χ2n) is 7.54. The van der Waals surface area contributed by atoms with Crippen molar-refractivity contribution in [3.63, 3.8) is 0 Å². The predicted molar refractivity (Wildman–Crippen MR) is 131 cm³/mol. The average Bonchev–Trinajstić information content (AvgIpc) is 3.26. The molecule has 1 aliphatic carbocycles. The maximum absolute atomic E-state index is 9.61. The molecule has 2 aromatic rings. The molecule has 0 saturated carbocycles. The van der Waals surface area contributed by atoms with Gasteiger partial charge < -0.3 is 20.3 Å². The highest BCUT2D eigenvalue weighted by atomic mass is 79.9. The fourth-order valence-electron chi connectivity index (χ4n) is 3.15. The van der Waals surface area contributed by atoms with Crippen molar-refractivity contribution >= 4 is 31.9 Å². The quantitative estimate of drug-likeness (QED) is 0.160. The number of aryl methyl sites for hydroxylation is 2. The Morgan fingerprint density at radius 1 is 1.33 bits per heavy atom. The standard InChI is InChI=1S/C22H26Br2N6O3/c23-19-9-15(1-3-21(19)31)5-7-26-11-17(27-25)13-33-14-18-12-30(29-28-18)8-6-16-2-4-22(32)20(24)10-16/h1-4,10-12,19,25-26,31-32H,5-9,13-14H2/b17-11-,27-25?. The Kier molecular flexibility index (Phi) is 9.64. The molecule has 0 aliphatic heterocycles. The number of nitrogens with zero attached hydrogens (tertiary/aromatic N) is 4. The van der Waals surface area contributed by atoms with Gasteiger partial charge in [0.15, 0.2) is 0 Å². The van der Waals surface area contributed by atoms with Crippen molar-refractivity contribution in [2.45, 2.75) is 37.2 Å². The Hall–Kier alpha value is -2.50. The van der Waals surface area contributed by atoms with Crippen molar-refractivity contribution in [3.8, 4) is 5.75 Å². The highest BCUT2D eigenvalue weighted by Gasteiger charge is 2.15. The molecule has 0 bridgehead atoms. The van der Waals surface area contributed by atoms with Crippen molar-refractivity contribution in [2.75, 3.05) is 13.2 Å². The van der Waals surface area contributed by atoms with E-state index in [1.807, 2.05) is 24.4 Å². The molecular weight excluding hydrogens is 556 g/mol. The van der Waals surface area contributed by atoms with E-state index >= 15 is 0 Å². The molecular formula is C22H26Br2N6O3. The Balaban J connectivity index is 1.36. The molecule has 0 saturated heterocycles. The van der Waals surface area contributed by atoms with Crippen LogP contribution < -0.4 is 5.32 Å². The number of aromatic nitrogens is 3. The second kappa shape index (κ2) is 12.7. The van der Waals surface area contributed by atoms with E-state index < -0.39 is 0 Å². The fraction of sp³-hybridized carbons (Fsp3) is 0.364. The third-order valence-corrected chi connectivity index (χ3v) is 6.41. The fourth-order valence-corrected chi connectivity index (χ4v) is 4.14. The highest BCUT2D eigenvalue weighted by Crippen LogP contribution is 2.25. The minimum absolute atomic E-state index is 0.0202. The van der Waals surface area contributed by atoms with Crippen LogP contribution in [0.3, 0.4) is 0 Å². The van der Waals surface area contributed by atoms with E-state index in [1.165, 1.54) is 5.57 Å². The van der Waals surface area contributed by atoms with Gasteiger partial charge in [0.1, 0.15) is 22.9 Å². The summed E-state index contributed by atoms with van der Waals surface area (Å²) in [7, 11) is 0. The summed E-state index contributed by atoms with van der Waals surface area (Å²) in [6.45, 7) is 1.81. The predicted octanol–water partition coefficient (Wildman–Crippen LogP) is 4.89. The maximum Gasteiger partial charge on any atom is 0.129 e. The van der Waals surface area contributed by atoms with Gasteiger partial charge in [0, 0.05) is 19.3 Å². The third kappa shape index (κ3) is 8.09. The minimum atomic E-state index is -0.0202. The number of phenols is 1. The zero-order valence-corrected chi connectivity index (χ0v) is 21.1. The molecule has 0 radical (unpaired) electrons. The second-order valence-corrected chi connectivity index (χ2v) is 9.50. The van der Waals surface area contributed by atoms with Crippen molar-refractivity contribution in [3.05, 3.63) is 75.5 Å². The number of allylic oxidation sites excluding steroid dienone is 3. The van der Waals surface area contributed by atoms with Gasteiger partial charge in [0.2, 0.25) is 0 Å². The number of ether oxygens (including phenoxy) is 1. The smallest absolute Gasteiger partial charge is 0.129 e. The molecule has 0 spiro atoms. The number of alkyl halides is 1. The number of aliphatic hydroxyl groups is 1. The van der Waals surface area contributed by atoms with E-state index in [2.05, 4.69) is 52.6 Å². The van der Waals surface area contributed by atoms with Crippen LogP contribution in [0.2, 0.25) is 0 Å². The van der Waals surface area contributed by atoms with Gasteiger partial charge in [-0.1, -0.05) is 38.9 Å². The topological polar surface area (TPSA) is 129 Å². The van der Waals surface area contributed by atoms with Crippen LogP contribution in [0.15, 0.2) is 69.4 Å². The molecule has 1 atom stereocenters. The molecule has 1 aromatic carbocycles. The summed E-state index contributed by atoms with van der Waals surface area (Å²) in [6.07, 6.45) is 9.53. The van der Waals surface area contributed by atoms with Crippen LogP contribution in [0.4, 0.5) is 0 Å². The highest BCUT2D eigenvalue weighted by molar-refractivity contribution is 9.10. The summed E-state index contributed by atoms with van der Waals surface area (Å²) in [5.74, 6) is 0.569. The zero-order chi connectivity index (χ0) is 23.6. The van der Waals surface area contributed by atoms with Gasteiger partial charge in [-0.15, -0.1) is 5.10 Å². The van der Waals surface area contributed by atoms with Crippen LogP contribution in [0, 0.1) is 5.53 Å². The zero-order valence-electron chi connectivity index (χ0n) is 17.9. The van der Waals surface area contributed by atoms with Crippen LogP contribution in [0.1, 0.15) is 24.1 Å². The van der Waals surface area contributed by atoms with Crippen molar-refractivity contribution in [2.24, 2.45) is 5.11 Å². The lowest BCUT2D eigenvalue weighted by Crippen LogP contribution is -2.13. The third-order valence-electron chi connectivity index (χ3n) is 4.98. The first-order valence-corrected chi connectivity index (χ1v) is 12.1. The lowest BCUT2D eigenvalue weighted by atomic mass is 10.0. The lowest BCUT2D eigenvalue weighted by Gasteiger charge is -2.16. The number of benzene rings is 1. The SMILES string of the molecule is N=N/C(=C\NCCC1=CC=C(O)C(Br)C1)COCc1cn(CCc2ccc(O)c(Br)c2)nn1. The molecule has 1 aromatic heterocycles. The van der Waals surface area contributed by atoms with Crippen molar-refractivity contribution in [1.29, 1.82) is 5.53 Å². The van der Waals surface area contributed by atoms with Crippen LogP contribution in [0.5, 0.6) is 5.75 Å². The molecule has 1 unspecified atom stereocenters. The number of aromatic hydroxyl groups is 1. The average molecular weight is 582 g/mol. The van der Waals surface area contributed by atoms with Crippen molar-refractivity contribution < 1.29 is 14.9 Å². The molecule has 176 valence electrons. The van der Waals surface area contributed by atoms with Crippen molar-refractivity contribution in [1.82, 2.24) is 20.3 Å². The van der Waals surface area contributed by atoms with Crippen LogP contribution in [-0.4, -0.2) is 43.2 Å². The number of halogens is 2. The van der Waals surface area contributed by atoms with Gasteiger partial charge in [0.25, 0.3) is 0 Å². The first kappa shape index (κ1) is 25.1. The number of hydrogen-bond acceptors (Lipinski definition) is 8. The molecule has 33 heavy (non-hydrogen) atoms. The number of hydrogen-bond donors (Lipinski definition) is 4. The number of nitrogens with one attached hydrogen (secondary N) is 2. The Morgan fingerprint density at radius 3 is 2.94 bits per heavy atom. The summed E-state index contributed by atoms with van der Waals surface area (Å²) in [5.41, 5.74) is 10.8. The molecule has 1 aliphatic rings. The largest absolute Gasteiger partial charge is 0.511 e. The first-order valence-electron chi connectivity index (χ1n) is 10.4. The normalized spacial score (nSPS) is 16.3. The number of rotatable bonds is 12. The summed E-state index contributed by atoms with van der Waals surface area (Å²) >= 11 is 6.76. The summed E-state index contributed by atoms with van der Waals surface area (Å²) in [6, 6.07) is 5.42. The minimum Gasteiger partial charge on any atom is -0.511 e. The van der Waals surface area contributed by atoms with Gasteiger partial charge in [0.05, 0.1) is 28.7 Å². The molecule has 0 fully saturated rings. The van der Waals surface area contributed by atoms with E-state index in [9.17, 15) is 10.2 Å². The van der Waals surface area contributed by atoms with Gasteiger partial charge in [-0.05, 0) is 59.0 Å². The van der Waals surface area contributed by atoms with E-state index in [4.69, 9.17) is 10.3 Å². The van der Waals surface area contributed by atoms with E-state index in [0.29, 0.717) is 34.7 Å². The summed E-state index contributed by atoms with van der Waals surface area (Å²) < 4.78 is 8.04. The van der Waals surface area contributed by atoms with Gasteiger partial charge >= 0.3 is 0 Å². The Bertz CT molecular complexity index is 1050. The molecule has 11 heteroatoms. The maximum atomic E-state index is 9.61. The summed E-state index contributed by atoms with van der Waals surface area (Å²) in [4.78, 5) is -0.0202. The molecule has 9 nitrogen and oxygen atoms in total. The lowest BCUT2D eigenvalue weighted by molar-refractivity contribution is 0.138. The molecule has 4 N–H and O–H groups in total. The van der Waals surface area contributed by atoms with E-state index in [1.54, 1.807) is 23.0 Å². The van der Waals surface area contributed by atoms with Gasteiger partial charge in [-0.25, -0.2) is 5.53 Å². The van der Waals surface area contributed by atoms with Crippen LogP contribution >= 0.6 is 31.9 Å². The number of aliphatic hydroxyl groups excluding tert-OH is 1. The van der Waals surface area contributed by atoms with Gasteiger partial charge in [-0.2, -0.15) is 5.11 Å². The Morgan fingerprint density at radius 2 is 2.18 bits per heavy atom. The molecule has 3 rings (SSSR count). The Labute approximate surface area is 209 Å². The van der Waals surface area contributed by atoms with Gasteiger partial charge in [-0.3, -0.25) is 4.68 Å².